The summed E-state index contributed by atoms with van der Waals surface area (Å²) < 4.78 is 6.03. The second-order valence-corrected chi connectivity index (χ2v) is 10.3. The van der Waals surface area contributed by atoms with E-state index in [4.69, 9.17) is 5.73 Å². The fourth-order valence-corrected chi connectivity index (χ4v) is 5.65. The molecule has 8 heteroatoms. The van der Waals surface area contributed by atoms with Crippen LogP contribution in [-0.2, 0) is 6.54 Å². The maximum absolute atomic E-state index is 13.1. The molecule has 6 nitrogen and oxygen atoms in total. The summed E-state index contributed by atoms with van der Waals surface area (Å²) in [7, 11) is 0. The number of pyridine rings is 1. The molecule has 1 aliphatic carbocycles. The molecule has 1 amide bonds. The average Bonchev–Trinajstić information content (AvgIpc) is 3.43. The second-order valence-electron chi connectivity index (χ2n) is 8.71. The van der Waals surface area contributed by atoms with E-state index in [-0.39, 0.29) is 17.5 Å². The Kier molecular flexibility index (Phi) is 6.57. The van der Waals surface area contributed by atoms with Crippen molar-refractivity contribution in [3.63, 3.8) is 0 Å². The van der Waals surface area contributed by atoms with Gasteiger partial charge in [-0.15, -0.1) is 11.3 Å². The van der Waals surface area contributed by atoms with Gasteiger partial charge in [0, 0.05) is 41.5 Å². The van der Waals surface area contributed by atoms with Crippen LogP contribution in [0.5, 0.6) is 0 Å². The van der Waals surface area contributed by atoms with E-state index in [1.807, 2.05) is 34.5 Å². The number of thiophene rings is 1. The number of hydrogen-bond donors (Lipinski definition) is 2. The van der Waals surface area contributed by atoms with Crippen molar-refractivity contribution in [1.29, 1.82) is 0 Å². The van der Waals surface area contributed by atoms with Crippen LogP contribution in [0.15, 0.2) is 40.1 Å². The van der Waals surface area contributed by atoms with Crippen LogP contribution in [0, 0.1) is 5.92 Å². The first-order valence-corrected chi connectivity index (χ1v) is 12.4. The number of hydrogen-bond acceptors (Lipinski definition) is 6. The summed E-state index contributed by atoms with van der Waals surface area (Å²) >= 11 is 2.84. The predicted molar refractivity (Wildman–Crippen MR) is 128 cm³/mol. The van der Waals surface area contributed by atoms with Crippen molar-refractivity contribution in [3.05, 3.63) is 56.1 Å². The van der Waals surface area contributed by atoms with Gasteiger partial charge in [0.05, 0.1) is 4.88 Å². The molecule has 0 aliphatic heterocycles. The SMILES string of the molecule is CC(C)Cn1cc(-c2cnsc2)cc(NC2CCC(c3csc(C(N)=O)c3)CC2)c1=O. The molecule has 31 heavy (non-hydrogen) atoms. The quantitative estimate of drug-likeness (QED) is 0.528. The van der Waals surface area contributed by atoms with Crippen LogP contribution in [0.2, 0.25) is 0 Å². The van der Waals surface area contributed by atoms with Crippen LogP contribution in [0.4, 0.5) is 5.69 Å². The molecule has 1 saturated carbocycles. The molecule has 1 aliphatic rings. The van der Waals surface area contributed by atoms with E-state index in [1.54, 1.807) is 0 Å². The Bertz CT molecular complexity index is 1090. The molecule has 0 spiro atoms. The maximum atomic E-state index is 13.1. The third-order valence-electron chi connectivity index (χ3n) is 5.83. The molecule has 3 aromatic heterocycles. The van der Waals surface area contributed by atoms with Gasteiger partial charge in [-0.05, 0) is 72.1 Å². The number of carbonyl (C=O) groups excluding carboxylic acids is 1. The number of nitrogens with two attached hydrogens (primary N) is 1. The lowest BCUT2D eigenvalue weighted by Gasteiger charge is -2.29. The summed E-state index contributed by atoms with van der Waals surface area (Å²) in [5.41, 5.74) is 9.36. The van der Waals surface area contributed by atoms with Crippen molar-refractivity contribution in [3.8, 4) is 11.1 Å². The Balaban J connectivity index is 1.49. The number of amides is 1. The number of nitrogens with zero attached hydrogens (tertiary/aromatic N) is 2. The van der Waals surface area contributed by atoms with Gasteiger partial charge in [0.2, 0.25) is 0 Å². The molecule has 0 unspecified atom stereocenters. The number of primary amides is 1. The highest BCUT2D eigenvalue weighted by Crippen LogP contribution is 2.36. The monoisotopic (exact) mass is 456 g/mol. The summed E-state index contributed by atoms with van der Waals surface area (Å²) in [5, 5.41) is 7.61. The second kappa shape index (κ2) is 9.36. The Morgan fingerprint density at radius 2 is 2.00 bits per heavy atom. The number of rotatable bonds is 7. The molecule has 0 atom stereocenters. The highest BCUT2D eigenvalue weighted by atomic mass is 32.1. The first-order chi connectivity index (χ1) is 14.9. The van der Waals surface area contributed by atoms with Gasteiger partial charge in [0.15, 0.2) is 0 Å². The van der Waals surface area contributed by atoms with Crippen LogP contribution >= 0.6 is 22.9 Å². The summed E-state index contributed by atoms with van der Waals surface area (Å²) in [6.45, 7) is 4.92. The zero-order chi connectivity index (χ0) is 22.0. The maximum Gasteiger partial charge on any atom is 0.273 e. The van der Waals surface area contributed by atoms with E-state index in [0.29, 0.717) is 28.9 Å². The first kappa shape index (κ1) is 21.8. The number of nitrogens with one attached hydrogen (secondary N) is 1. The van der Waals surface area contributed by atoms with Gasteiger partial charge in [0.25, 0.3) is 11.5 Å². The molecule has 164 valence electrons. The van der Waals surface area contributed by atoms with E-state index in [1.165, 1.54) is 28.4 Å². The molecule has 3 aromatic rings. The first-order valence-electron chi connectivity index (χ1n) is 10.7. The fourth-order valence-electron chi connectivity index (χ4n) is 4.26. The molecule has 0 radical (unpaired) electrons. The largest absolute Gasteiger partial charge is 0.378 e. The highest BCUT2D eigenvalue weighted by Gasteiger charge is 2.24. The molecule has 0 saturated heterocycles. The minimum absolute atomic E-state index is 0.0340. The Hall–Kier alpha value is -2.45. The minimum Gasteiger partial charge on any atom is -0.378 e. The molecular formula is C23H28N4O2S2. The van der Waals surface area contributed by atoms with Gasteiger partial charge in [-0.25, -0.2) is 4.37 Å². The third-order valence-corrected chi connectivity index (χ3v) is 7.38. The van der Waals surface area contributed by atoms with Crippen LogP contribution in [-0.4, -0.2) is 20.9 Å². The van der Waals surface area contributed by atoms with E-state index in [2.05, 4.69) is 28.9 Å². The van der Waals surface area contributed by atoms with Crippen molar-refractivity contribution in [2.24, 2.45) is 11.7 Å². The summed E-state index contributed by atoms with van der Waals surface area (Å²) in [6, 6.07) is 4.17. The van der Waals surface area contributed by atoms with Gasteiger partial charge in [0.1, 0.15) is 5.69 Å². The molecule has 3 heterocycles. The number of anilines is 1. The molecule has 0 bridgehead atoms. The molecule has 1 fully saturated rings. The van der Waals surface area contributed by atoms with Gasteiger partial charge in [-0.2, -0.15) is 0 Å². The molecule has 4 rings (SSSR count). The van der Waals surface area contributed by atoms with Crippen molar-refractivity contribution in [1.82, 2.24) is 8.94 Å². The lowest BCUT2D eigenvalue weighted by molar-refractivity contribution is 0.100. The number of aromatic nitrogens is 2. The van der Waals surface area contributed by atoms with Crippen molar-refractivity contribution >= 4 is 34.5 Å². The fraction of sp³-hybridized carbons (Fsp3) is 0.435. The Morgan fingerprint density at radius 1 is 1.23 bits per heavy atom. The predicted octanol–water partition coefficient (Wildman–Crippen LogP) is 4.93. The van der Waals surface area contributed by atoms with E-state index in [0.717, 1.165) is 36.8 Å². The van der Waals surface area contributed by atoms with E-state index < -0.39 is 0 Å². The zero-order valence-corrected chi connectivity index (χ0v) is 19.5. The Morgan fingerprint density at radius 3 is 2.61 bits per heavy atom. The highest BCUT2D eigenvalue weighted by molar-refractivity contribution is 7.12. The smallest absolute Gasteiger partial charge is 0.273 e. The lowest BCUT2D eigenvalue weighted by atomic mass is 9.82. The minimum atomic E-state index is -0.356. The van der Waals surface area contributed by atoms with Crippen molar-refractivity contribution < 1.29 is 4.79 Å². The van der Waals surface area contributed by atoms with Crippen LogP contribution in [0.25, 0.3) is 11.1 Å². The summed E-state index contributed by atoms with van der Waals surface area (Å²) in [6.07, 6.45) is 7.82. The normalized spacial score (nSPS) is 18.9. The van der Waals surface area contributed by atoms with Gasteiger partial charge < -0.3 is 15.6 Å². The standard InChI is InChI=1S/C23H28N4O2S2/c1-14(2)10-27-11-16(18-9-25-31-13-18)7-20(23(27)29)26-19-5-3-15(4-6-19)17-8-21(22(24)28)30-12-17/h7-9,11-15,19,26H,3-6,10H2,1-2H3,(H2,24,28). The van der Waals surface area contributed by atoms with Gasteiger partial charge in [-0.1, -0.05) is 13.8 Å². The molecule has 3 N–H and O–H groups in total. The van der Waals surface area contributed by atoms with Gasteiger partial charge >= 0.3 is 0 Å². The summed E-state index contributed by atoms with van der Waals surface area (Å²) in [4.78, 5) is 25.1. The third kappa shape index (κ3) is 5.07. The summed E-state index contributed by atoms with van der Waals surface area (Å²) in [5.74, 6) is 0.473. The number of carbonyl (C=O) groups is 1. The van der Waals surface area contributed by atoms with E-state index in [9.17, 15) is 9.59 Å². The van der Waals surface area contributed by atoms with Crippen molar-refractivity contribution in [2.45, 2.75) is 58.0 Å². The van der Waals surface area contributed by atoms with Crippen LogP contribution < -0.4 is 16.6 Å². The zero-order valence-electron chi connectivity index (χ0n) is 17.8. The topological polar surface area (TPSA) is 90.0 Å². The lowest BCUT2D eigenvalue weighted by Crippen LogP contribution is -2.31. The van der Waals surface area contributed by atoms with Gasteiger partial charge in [-0.3, -0.25) is 9.59 Å². The van der Waals surface area contributed by atoms with E-state index >= 15 is 0 Å². The Labute approximate surface area is 190 Å². The molecule has 0 aromatic carbocycles. The van der Waals surface area contributed by atoms with Crippen LogP contribution in [0.1, 0.15) is 60.7 Å². The van der Waals surface area contributed by atoms with Crippen molar-refractivity contribution in [2.75, 3.05) is 5.32 Å². The van der Waals surface area contributed by atoms with Crippen LogP contribution in [0.3, 0.4) is 0 Å². The average molecular weight is 457 g/mol. The molecular weight excluding hydrogens is 428 g/mol.